The molecule has 7 nitrogen and oxygen atoms in total. The number of hydrogen-bond donors (Lipinski definition) is 1. The standard InChI is InChI=1S/C24H21ClN4O3/c1-31-22-4-2-16(12-19(22)25)21-5-3-17(32-21)13-29-11-8-20-18(14-29)24(30)28-23(27-20)15-6-9-26-10-7-15/h2-7,9-10,12H,8,11,13-14H2,1H3,(H,27,28,30). The summed E-state index contributed by atoms with van der Waals surface area (Å²) < 4.78 is 11.3. The van der Waals surface area contributed by atoms with E-state index >= 15 is 0 Å². The Morgan fingerprint density at radius 1 is 1.16 bits per heavy atom. The first kappa shape index (κ1) is 20.5. The summed E-state index contributed by atoms with van der Waals surface area (Å²) in [6, 6.07) is 13.1. The van der Waals surface area contributed by atoms with Gasteiger partial charge in [-0.3, -0.25) is 14.7 Å². The van der Waals surface area contributed by atoms with E-state index in [-0.39, 0.29) is 5.56 Å². The van der Waals surface area contributed by atoms with Gasteiger partial charge in [0.2, 0.25) is 0 Å². The smallest absolute Gasteiger partial charge is 0.255 e. The van der Waals surface area contributed by atoms with E-state index < -0.39 is 0 Å². The molecule has 5 rings (SSSR count). The van der Waals surface area contributed by atoms with Gasteiger partial charge in [0.1, 0.15) is 23.1 Å². The Morgan fingerprint density at radius 2 is 2.00 bits per heavy atom. The molecule has 0 aliphatic carbocycles. The van der Waals surface area contributed by atoms with Crippen molar-refractivity contribution in [1.29, 1.82) is 0 Å². The second-order valence-electron chi connectivity index (χ2n) is 7.65. The fraction of sp³-hybridized carbons (Fsp3) is 0.208. The fourth-order valence-electron chi connectivity index (χ4n) is 3.92. The third-order valence-electron chi connectivity index (χ3n) is 5.58. The predicted octanol–water partition coefficient (Wildman–Crippen LogP) is 4.31. The van der Waals surface area contributed by atoms with Crippen molar-refractivity contribution in [2.45, 2.75) is 19.5 Å². The van der Waals surface area contributed by atoms with Crippen molar-refractivity contribution in [1.82, 2.24) is 19.9 Å². The van der Waals surface area contributed by atoms with Crippen molar-refractivity contribution in [3.05, 3.63) is 87.3 Å². The number of ether oxygens (including phenoxy) is 1. The molecule has 1 aliphatic heterocycles. The second kappa shape index (κ2) is 8.61. The van der Waals surface area contributed by atoms with Gasteiger partial charge in [-0.15, -0.1) is 0 Å². The van der Waals surface area contributed by atoms with Crippen molar-refractivity contribution >= 4 is 11.6 Å². The number of rotatable bonds is 5. The van der Waals surface area contributed by atoms with Crippen LogP contribution >= 0.6 is 11.6 Å². The predicted molar refractivity (Wildman–Crippen MR) is 122 cm³/mol. The molecule has 0 amide bonds. The van der Waals surface area contributed by atoms with Crippen molar-refractivity contribution in [2.75, 3.05) is 13.7 Å². The van der Waals surface area contributed by atoms with Gasteiger partial charge in [0.05, 0.1) is 29.9 Å². The summed E-state index contributed by atoms with van der Waals surface area (Å²) >= 11 is 6.24. The molecule has 0 unspecified atom stereocenters. The first-order valence-corrected chi connectivity index (χ1v) is 10.7. The molecule has 1 N–H and O–H groups in total. The molecule has 0 radical (unpaired) electrons. The van der Waals surface area contributed by atoms with Crippen LogP contribution in [0.5, 0.6) is 5.75 Å². The average molecular weight is 449 g/mol. The largest absolute Gasteiger partial charge is 0.495 e. The Labute approximate surface area is 189 Å². The zero-order chi connectivity index (χ0) is 22.1. The number of hydrogen-bond acceptors (Lipinski definition) is 6. The van der Waals surface area contributed by atoms with E-state index in [0.29, 0.717) is 41.7 Å². The molecule has 4 heterocycles. The normalized spacial score (nSPS) is 13.7. The number of benzene rings is 1. The monoisotopic (exact) mass is 448 g/mol. The van der Waals surface area contributed by atoms with Gasteiger partial charge < -0.3 is 14.1 Å². The van der Waals surface area contributed by atoms with Crippen LogP contribution in [0.4, 0.5) is 0 Å². The lowest BCUT2D eigenvalue weighted by atomic mass is 10.1. The van der Waals surface area contributed by atoms with Crippen LogP contribution in [-0.4, -0.2) is 33.5 Å². The molecule has 8 heteroatoms. The van der Waals surface area contributed by atoms with Gasteiger partial charge in [-0.25, -0.2) is 4.98 Å². The highest BCUT2D eigenvalue weighted by atomic mass is 35.5. The van der Waals surface area contributed by atoms with Gasteiger partial charge in [0, 0.05) is 43.0 Å². The zero-order valence-electron chi connectivity index (χ0n) is 17.5. The van der Waals surface area contributed by atoms with Crippen LogP contribution in [0.15, 0.2) is 64.1 Å². The lowest BCUT2D eigenvalue weighted by molar-refractivity contribution is 0.223. The van der Waals surface area contributed by atoms with Crippen LogP contribution in [0, 0.1) is 0 Å². The molecule has 4 aromatic rings. The molecule has 0 spiro atoms. The second-order valence-corrected chi connectivity index (χ2v) is 8.06. The van der Waals surface area contributed by atoms with Crippen molar-refractivity contribution in [3.8, 4) is 28.5 Å². The fourth-order valence-corrected chi connectivity index (χ4v) is 4.18. The summed E-state index contributed by atoms with van der Waals surface area (Å²) in [6.45, 7) is 1.93. The highest BCUT2D eigenvalue weighted by Crippen LogP contribution is 2.31. The number of H-pyrrole nitrogens is 1. The number of aromatic amines is 1. The summed E-state index contributed by atoms with van der Waals surface area (Å²) in [6.07, 6.45) is 4.08. The Morgan fingerprint density at radius 3 is 2.78 bits per heavy atom. The quantitative estimate of drug-likeness (QED) is 0.489. The number of fused-ring (bicyclic) bond motifs is 1. The van der Waals surface area contributed by atoms with Crippen LogP contribution in [0.25, 0.3) is 22.7 Å². The van der Waals surface area contributed by atoms with Gasteiger partial charge in [-0.1, -0.05) is 11.6 Å². The molecule has 1 aromatic carbocycles. The lowest BCUT2D eigenvalue weighted by Crippen LogP contribution is -2.35. The third-order valence-corrected chi connectivity index (χ3v) is 5.87. The van der Waals surface area contributed by atoms with E-state index in [1.807, 2.05) is 42.5 Å². The van der Waals surface area contributed by atoms with Crippen LogP contribution in [0.1, 0.15) is 17.0 Å². The number of furan rings is 1. The maximum absolute atomic E-state index is 12.7. The minimum Gasteiger partial charge on any atom is -0.495 e. The van der Waals surface area contributed by atoms with Gasteiger partial charge in [0.15, 0.2) is 0 Å². The van der Waals surface area contributed by atoms with E-state index in [1.54, 1.807) is 19.5 Å². The molecule has 3 aromatic heterocycles. The lowest BCUT2D eigenvalue weighted by Gasteiger charge is -2.26. The van der Waals surface area contributed by atoms with Gasteiger partial charge >= 0.3 is 0 Å². The molecule has 0 saturated heterocycles. The Balaban J connectivity index is 1.32. The highest BCUT2D eigenvalue weighted by molar-refractivity contribution is 6.32. The van der Waals surface area contributed by atoms with E-state index in [0.717, 1.165) is 34.9 Å². The number of halogens is 1. The minimum atomic E-state index is -0.0977. The number of nitrogens with one attached hydrogen (secondary N) is 1. The molecular weight excluding hydrogens is 428 g/mol. The van der Waals surface area contributed by atoms with Gasteiger partial charge in [0.25, 0.3) is 5.56 Å². The number of pyridine rings is 1. The maximum Gasteiger partial charge on any atom is 0.255 e. The molecule has 0 atom stereocenters. The Hall–Kier alpha value is -3.42. The molecular formula is C24H21ClN4O3. The summed E-state index contributed by atoms with van der Waals surface area (Å²) in [4.78, 5) is 26.6. The molecule has 162 valence electrons. The summed E-state index contributed by atoms with van der Waals surface area (Å²) in [5.74, 6) is 2.77. The molecule has 0 fully saturated rings. The summed E-state index contributed by atoms with van der Waals surface area (Å²) in [5.41, 5.74) is 3.20. The van der Waals surface area contributed by atoms with E-state index in [9.17, 15) is 4.79 Å². The van der Waals surface area contributed by atoms with Crippen molar-refractivity contribution in [2.24, 2.45) is 0 Å². The molecule has 0 saturated carbocycles. The number of aromatic nitrogens is 3. The van der Waals surface area contributed by atoms with Crippen molar-refractivity contribution < 1.29 is 9.15 Å². The van der Waals surface area contributed by atoms with Crippen molar-refractivity contribution in [3.63, 3.8) is 0 Å². The highest BCUT2D eigenvalue weighted by Gasteiger charge is 2.22. The molecule has 1 aliphatic rings. The topological polar surface area (TPSA) is 84.2 Å². The average Bonchev–Trinajstić information content (AvgIpc) is 3.28. The zero-order valence-corrected chi connectivity index (χ0v) is 18.2. The van der Waals surface area contributed by atoms with Gasteiger partial charge in [-0.2, -0.15) is 0 Å². The maximum atomic E-state index is 12.7. The first-order valence-electron chi connectivity index (χ1n) is 10.3. The number of nitrogens with zero attached hydrogens (tertiary/aromatic N) is 3. The summed E-state index contributed by atoms with van der Waals surface area (Å²) in [7, 11) is 1.59. The van der Waals surface area contributed by atoms with Crippen LogP contribution in [0.3, 0.4) is 0 Å². The van der Waals surface area contributed by atoms with Gasteiger partial charge in [-0.05, 0) is 42.5 Å². The number of methoxy groups -OCH3 is 1. The van der Waals surface area contributed by atoms with Crippen LogP contribution in [-0.2, 0) is 19.5 Å². The first-order chi connectivity index (χ1) is 15.6. The molecule has 0 bridgehead atoms. The Kier molecular flexibility index (Phi) is 5.51. The molecule has 32 heavy (non-hydrogen) atoms. The van der Waals surface area contributed by atoms with E-state index in [1.165, 1.54) is 0 Å². The van der Waals surface area contributed by atoms with Crippen LogP contribution in [0.2, 0.25) is 5.02 Å². The minimum absolute atomic E-state index is 0.0977. The van der Waals surface area contributed by atoms with E-state index in [4.69, 9.17) is 25.7 Å². The third kappa shape index (κ3) is 4.04. The Bertz CT molecular complexity index is 1320. The van der Waals surface area contributed by atoms with E-state index in [2.05, 4.69) is 14.9 Å². The van der Waals surface area contributed by atoms with Crippen LogP contribution < -0.4 is 10.3 Å². The summed E-state index contributed by atoms with van der Waals surface area (Å²) in [5, 5.41) is 0.536. The SMILES string of the molecule is COc1ccc(-c2ccc(CN3CCc4nc(-c5ccncc5)[nH]c(=O)c4C3)o2)cc1Cl.